The van der Waals surface area contributed by atoms with E-state index in [1.165, 1.54) is 6.07 Å². The highest BCUT2D eigenvalue weighted by atomic mass is 19.1. The van der Waals surface area contributed by atoms with E-state index in [1.807, 2.05) is 36.5 Å². The first-order valence-corrected chi connectivity index (χ1v) is 9.79. The number of fused-ring (bicyclic) bond motifs is 2. The molecular weight excluding hydrogens is 393 g/mol. The molecule has 0 aliphatic carbocycles. The number of alkyl halides is 1. The number of carbonyl (C=O) groups is 1. The minimum absolute atomic E-state index is 0.182. The van der Waals surface area contributed by atoms with Gasteiger partial charge in [0.05, 0.1) is 23.1 Å². The van der Waals surface area contributed by atoms with E-state index in [9.17, 15) is 9.18 Å². The molecule has 0 saturated carbocycles. The third-order valence-electron chi connectivity index (χ3n) is 5.30. The van der Waals surface area contributed by atoms with Crippen LogP contribution >= 0.6 is 0 Å². The van der Waals surface area contributed by atoms with Crippen molar-refractivity contribution in [2.24, 2.45) is 5.73 Å². The van der Waals surface area contributed by atoms with Gasteiger partial charge in [0, 0.05) is 29.1 Å². The summed E-state index contributed by atoms with van der Waals surface area (Å²) < 4.78 is 15.2. The Balaban J connectivity index is 1.53. The standard InChI is InChI=1S/C24H18FN5O/c25-13-18-12-17(4-5-20(18)24(26)31)22-7-8-23-28-14-19(30(23)29-22)11-15-3-6-21-16(10-15)2-1-9-27-21/h1-10,12,14H,11,13H2,(H2,26,31). The van der Waals surface area contributed by atoms with Crippen molar-refractivity contribution < 1.29 is 9.18 Å². The number of nitrogens with zero attached hydrogens (tertiary/aromatic N) is 4. The van der Waals surface area contributed by atoms with Crippen molar-refractivity contribution in [1.29, 1.82) is 0 Å². The number of amides is 1. The molecule has 6 nitrogen and oxygen atoms in total. The molecular formula is C24H18FN5O. The van der Waals surface area contributed by atoms with Gasteiger partial charge in [-0.05, 0) is 53.6 Å². The van der Waals surface area contributed by atoms with Crippen LogP contribution in [0.4, 0.5) is 4.39 Å². The molecule has 0 atom stereocenters. The van der Waals surface area contributed by atoms with Gasteiger partial charge in [0.1, 0.15) is 6.67 Å². The second-order valence-corrected chi connectivity index (χ2v) is 7.32. The maximum Gasteiger partial charge on any atom is 0.249 e. The van der Waals surface area contributed by atoms with Crippen molar-refractivity contribution in [1.82, 2.24) is 19.6 Å². The van der Waals surface area contributed by atoms with E-state index in [1.54, 1.807) is 22.8 Å². The quantitative estimate of drug-likeness (QED) is 0.472. The number of carbonyl (C=O) groups excluding carboxylic acids is 1. The molecule has 7 heteroatoms. The topological polar surface area (TPSA) is 86.2 Å². The molecule has 0 radical (unpaired) electrons. The predicted molar refractivity (Wildman–Crippen MR) is 116 cm³/mol. The van der Waals surface area contributed by atoms with Crippen molar-refractivity contribution in [2.45, 2.75) is 13.1 Å². The first kappa shape index (κ1) is 18.9. The first-order chi connectivity index (χ1) is 15.1. The molecule has 1 amide bonds. The average Bonchev–Trinajstić information content (AvgIpc) is 3.20. The molecule has 2 aromatic carbocycles. The number of rotatable bonds is 5. The summed E-state index contributed by atoms with van der Waals surface area (Å²) in [6.07, 6.45) is 4.24. The van der Waals surface area contributed by atoms with Crippen LogP contribution in [-0.2, 0) is 13.1 Å². The van der Waals surface area contributed by atoms with E-state index in [4.69, 9.17) is 10.8 Å². The van der Waals surface area contributed by atoms with Gasteiger partial charge in [-0.2, -0.15) is 5.10 Å². The Morgan fingerprint density at radius 2 is 1.94 bits per heavy atom. The van der Waals surface area contributed by atoms with E-state index in [0.717, 1.165) is 27.8 Å². The molecule has 3 aromatic heterocycles. The fourth-order valence-corrected chi connectivity index (χ4v) is 3.74. The maximum absolute atomic E-state index is 13.4. The van der Waals surface area contributed by atoms with Crippen LogP contribution in [0, 0.1) is 0 Å². The van der Waals surface area contributed by atoms with Gasteiger partial charge in [-0.25, -0.2) is 13.9 Å². The Hall–Kier alpha value is -4.13. The SMILES string of the molecule is NC(=O)c1ccc(-c2ccc3ncc(Cc4ccc5ncccc5c4)n3n2)cc1CF. The smallest absolute Gasteiger partial charge is 0.249 e. The van der Waals surface area contributed by atoms with E-state index >= 15 is 0 Å². The Bertz CT molecular complexity index is 1440. The monoisotopic (exact) mass is 411 g/mol. The number of aromatic nitrogens is 4. The molecule has 0 spiro atoms. The maximum atomic E-state index is 13.4. The fraction of sp³-hybridized carbons (Fsp3) is 0.0833. The van der Waals surface area contributed by atoms with Crippen LogP contribution in [0.5, 0.6) is 0 Å². The van der Waals surface area contributed by atoms with Gasteiger partial charge < -0.3 is 5.73 Å². The average molecular weight is 411 g/mol. The highest BCUT2D eigenvalue weighted by Gasteiger charge is 2.12. The number of hydrogen-bond donors (Lipinski definition) is 1. The highest BCUT2D eigenvalue weighted by Crippen LogP contribution is 2.23. The van der Waals surface area contributed by atoms with Crippen molar-refractivity contribution in [3.05, 3.63) is 95.4 Å². The zero-order valence-corrected chi connectivity index (χ0v) is 16.5. The van der Waals surface area contributed by atoms with Gasteiger partial charge in [0.25, 0.3) is 0 Å². The summed E-state index contributed by atoms with van der Waals surface area (Å²) in [6, 6.07) is 18.7. The van der Waals surface area contributed by atoms with Crippen LogP contribution in [0.3, 0.4) is 0 Å². The number of imidazole rings is 1. The molecule has 5 aromatic rings. The van der Waals surface area contributed by atoms with Crippen LogP contribution in [0.15, 0.2) is 73.1 Å². The number of pyridine rings is 1. The van der Waals surface area contributed by atoms with Crippen molar-refractivity contribution >= 4 is 22.5 Å². The Morgan fingerprint density at radius 3 is 2.77 bits per heavy atom. The van der Waals surface area contributed by atoms with Gasteiger partial charge in [-0.1, -0.05) is 18.2 Å². The molecule has 0 unspecified atom stereocenters. The van der Waals surface area contributed by atoms with Gasteiger partial charge in [-0.15, -0.1) is 0 Å². The van der Waals surface area contributed by atoms with Crippen molar-refractivity contribution in [3.8, 4) is 11.3 Å². The predicted octanol–water partition coefficient (Wildman–Crippen LogP) is 4.10. The van der Waals surface area contributed by atoms with E-state index in [0.29, 0.717) is 17.7 Å². The molecule has 0 fully saturated rings. The molecule has 0 bridgehead atoms. The summed E-state index contributed by atoms with van der Waals surface area (Å²) in [5, 5.41) is 5.80. The summed E-state index contributed by atoms with van der Waals surface area (Å²) >= 11 is 0. The Kier molecular flexibility index (Phi) is 4.63. The normalized spacial score (nSPS) is 11.3. The lowest BCUT2D eigenvalue weighted by Crippen LogP contribution is -2.13. The molecule has 31 heavy (non-hydrogen) atoms. The van der Waals surface area contributed by atoms with E-state index in [-0.39, 0.29) is 11.1 Å². The molecule has 152 valence electrons. The second kappa shape index (κ2) is 7.60. The zero-order valence-electron chi connectivity index (χ0n) is 16.5. The minimum Gasteiger partial charge on any atom is -0.366 e. The van der Waals surface area contributed by atoms with E-state index in [2.05, 4.69) is 22.1 Å². The lowest BCUT2D eigenvalue weighted by atomic mass is 10.0. The fourth-order valence-electron chi connectivity index (χ4n) is 3.74. The molecule has 0 saturated heterocycles. The molecule has 3 heterocycles. The largest absolute Gasteiger partial charge is 0.366 e. The Labute approximate surface area is 177 Å². The third-order valence-corrected chi connectivity index (χ3v) is 5.30. The molecule has 5 rings (SSSR count). The molecule has 2 N–H and O–H groups in total. The highest BCUT2D eigenvalue weighted by molar-refractivity contribution is 5.95. The lowest BCUT2D eigenvalue weighted by molar-refractivity contribution is 0.0998. The number of halogens is 1. The third kappa shape index (κ3) is 3.50. The Morgan fingerprint density at radius 1 is 1.03 bits per heavy atom. The minimum atomic E-state index is -0.776. The summed E-state index contributed by atoms with van der Waals surface area (Å²) in [5.74, 6) is -0.648. The van der Waals surface area contributed by atoms with Gasteiger partial charge in [0.15, 0.2) is 5.65 Å². The van der Waals surface area contributed by atoms with Gasteiger partial charge in [0.2, 0.25) is 5.91 Å². The van der Waals surface area contributed by atoms with Crippen LogP contribution in [0.25, 0.3) is 27.8 Å². The summed E-state index contributed by atoms with van der Waals surface area (Å²) in [5.41, 5.74) is 10.9. The summed E-state index contributed by atoms with van der Waals surface area (Å²) in [7, 11) is 0. The number of benzene rings is 2. The van der Waals surface area contributed by atoms with Crippen molar-refractivity contribution in [3.63, 3.8) is 0 Å². The summed E-state index contributed by atoms with van der Waals surface area (Å²) in [4.78, 5) is 20.3. The first-order valence-electron chi connectivity index (χ1n) is 9.79. The van der Waals surface area contributed by atoms with Crippen LogP contribution in [-0.4, -0.2) is 25.5 Å². The lowest BCUT2D eigenvalue weighted by Gasteiger charge is -2.08. The summed E-state index contributed by atoms with van der Waals surface area (Å²) in [6.45, 7) is -0.776. The number of primary amides is 1. The second-order valence-electron chi connectivity index (χ2n) is 7.32. The molecule has 0 aliphatic rings. The number of nitrogens with two attached hydrogens (primary N) is 1. The van der Waals surface area contributed by atoms with Crippen LogP contribution in [0.1, 0.15) is 27.2 Å². The van der Waals surface area contributed by atoms with Crippen LogP contribution < -0.4 is 5.73 Å². The van der Waals surface area contributed by atoms with Crippen molar-refractivity contribution in [2.75, 3.05) is 0 Å². The molecule has 0 aliphatic heterocycles. The van der Waals surface area contributed by atoms with Gasteiger partial charge in [-0.3, -0.25) is 9.78 Å². The van der Waals surface area contributed by atoms with Crippen LogP contribution in [0.2, 0.25) is 0 Å². The van der Waals surface area contributed by atoms with E-state index < -0.39 is 12.6 Å². The zero-order chi connectivity index (χ0) is 21.4. The number of hydrogen-bond acceptors (Lipinski definition) is 4. The van der Waals surface area contributed by atoms with Gasteiger partial charge >= 0.3 is 0 Å².